The molecule has 0 bridgehead atoms. The van der Waals surface area contributed by atoms with Gasteiger partial charge in [-0.1, -0.05) is 23.9 Å². The Labute approximate surface area is 192 Å². The van der Waals surface area contributed by atoms with Crippen LogP contribution in [0.25, 0.3) is 5.69 Å². The topological polar surface area (TPSA) is 81.5 Å². The van der Waals surface area contributed by atoms with Crippen LogP contribution in [0.1, 0.15) is 17.4 Å². The number of ether oxygens (including phenoxy) is 2. The highest BCUT2D eigenvalue weighted by Crippen LogP contribution is 2.24. The number of nitrogens with zero attached hydrogens (tertiary/aromatic N) is 4. The molecule has 0 fully saturated rings. The number of carbonyl (C=O) groups excluding carboxylic acids is 1. The van der Waals surface area contributed by atoms with Crippen molar-refractivity contribution < 1.29 is 14.3 Å². The summed E-state index contributed by atoms with van der Waals surface area (Å²) in [5, 5.41) is 12.1. The number of hydrogen-bond acceptors (Lipinski definition) is 7. The number of rotatable bonds is 10. The monoisotopic (exact) mass is 455 g/mol. The van der Waals surface area contributed by atoms with Gasteiger partial charge in [0.1, 0.15) is 17.3 Å². The predicted molar refractivity (Wildman–Crippen MR) is 126 cm³/mol. The van der Waals surface area contributed by atoms with Crippen LogP contribution in [-0.4, -0.2) is 66.2 Å². The summed E-state index contributed by atoms with van der Waals surface area (Å²) < 4.78 is 12.4. The lowest BCUT2D eigenvalue weighted by Crippen LogP contribution is -2.35. The van der Waals surface area contributed by atoms with Crippen molar-refractivity contribution in [2.45, 2.75) is 18.1 Å². The maximum atomic E-state index is 12.6. The molecule has 170 valence electrons. The summed E-state index contributed by atoms with van der Waals surface area (Å²) in [7, 11) is 7.27. The molecule has 32 heavy (non-hydrogen) atoms. The summed E-state index contributed by atoms with van der Waals surface area (Å²) in [6.07, 6.45) is 0. The van der Waals surface area contributed by atoms with E-state index < -0.39 is 0 Å². The van der Waals surface area contributed by atoms with E-state index in [2.05, 4.69) is 20.4 Å². The van der Waals surface area contributed by atoms with Gasteiger partial charge < -0.3 is 19.7 Å². The van der Waals surface area contributed by atoms with Crippen LogP contribution in [0.3, 0.4) is 0 Å². The van der Waals surface area contributed by atoms with E-state index in [9.17, 15) is 4.79 Å². The lowest BCUT2D eigenvalue weighted by atomic mass is 10.1. The van der Waals surface area contributed by atoms with E-state index in [1.54, 1.807) is 14.2 Å². The number of hydrogen-bond donors (Lipinski definition) is 1. The average Bonchev–Trinajstić information content (AvgIpc) is 3.18. The van der Waals surface area contributed by atoms with Gasteiger partial charge in [-0.2, -0.15) is 0 Å². The van der Waals surface area contributed by atoms with Crippen LogP contribution in [0.2, 0.25) is 0 Å². The predicted octanol–water partition coefficient (Wildman–Crippen LogP) is 3.10. The maximum Gasteiger partial charge on any atom is 0.230 e. The van der Waals surface area contributed by atoms with Gasteiger partial charge in [0.15, 0.2) is 5.16 Å². The van der Waals surface area contributed by atoms with Crippen molar-refractivity contribution in [2.24, 2.45) is 0 Å². The zero-order valence-electron chi connectivity index (χ0n) is 19.0. The fraction of sp³-hybridized carbons (Fsp3) is 0.348. The first kappa shape index (κ1) is 23.6. The van der Waals surface area contributed by atoms with E-state index >= 15 is 0 Å². The molecule has 1 unspecified atom stereocenters. The van der Waals surface area contributed by atoms with E-state index in [1.165, 1.54) is 11.8 Å². The summed E-state index contributed by atoms with van der Waals surface area (Å²) in [5.41, 5.74) is 2.03. The molecule has 0 saturated heterocycles. The first-order chi connectivity index (χ1) is 15.4. The number of aryl methyl sites for hydroxylation is 1. The van der Waals surface area contributed by atoms with Crippen molar-refractivity contribution in [1.82, 2.24) is 25.0 Å². The number of amides is 1. The van der Waals surface area contributed by atoms with Crippen LogP contribution in [0, 0.1) is 6.92 Å². The average molecular weight is 456 g/mol. The van der Waals surface area contributed by atoms with Crippen LogP contribution in [-0.2, 0) is 4.79 Å². The molecule has 1 N–H and O–H groups in total. The van der Waals surface area contributed by atoms with E-state index in [0.717, 1.165) is 28.6 Å². The zero-order chi connectivity index (χ0) is 23.1. The number of likely N-dealkylation sites (N-methyl/N-ethyl adjacent to an activating group) is 1. The van der Waals surface area contributed by atoms with E-state index in [-0.39, 0.29) is 17.7 Å². The summed E-state index contributed by atoms with van der Waals surface area (Å²) >= 11 is 1.36. The number of methoxy groups -OCH3 is 2. The van der Waals surface area contributed by atoms with Crippen LogP contribution >= 0.6 is 11.8 Å². The molecule has 0 spiro atoms. The SMILES string of the molecule is COc1ccc(C(CNC(=O)CSc2nnc(C)n2-c2ccc(OC)cc2)N(C)C)cc1. The molecule has 1 amide bonds. The molecule has 1 atom stereocenters. The molecule has 1 heterocycles. The Morgan fingerprint density at radius 1 is 1.03 bits per heavy atom. The van der Waals surface area contributed by atoms with Crippen LogP contribution in [0.4, 0.5) is 0 Å². The number of nitrogens with one attached hydrogen (secondary N) is 1. The van der Waals surface area contributed by atoms with Gasteiger partial charge in [0.05, 0.1) is 26.0 Å². The highest BCUT2D eigenvalue weighted by Gasteiger charge is 2.17. The molecule has 1 aromatic heterocycles. The Hall–Kier alpha value is -3.04. The van der Waals surface area contributed by atoms with E-state index in [4.69, 9.17) is 9.47 Å². The lowest BCUT2D eigenvalue weighted by molar-refractivity contribution is -0.118. The molecule has 0 radical (unpaired) electrons. The Kier molecular flexibility index (Phi) is 8.13. The fourth-order valence-corrected chi connectivity index (χ4v) is 4.11. The smallest absolute Gasteiger partial charge is 0.230 e. The first-order valence-corrected chi connectivity index (χ1v) is 11.2. The number of carbonyl (C=O) groups is 1. The summed E-state index contributed by atoms with van der Waals surface area (Å²) in [4.78, 5) is 14.7. The first-order valence-electron chi connectivity index (χ1n) is 10.2. The minimum absolute atomic E-state index is 0.0556. The summed E-state index contributed by atoms with van der Waals surface area (Å²) in [5.74, 6) is 2.53. The molecule has 0 saturated carbocycles. The molecule has 2 aromatic carbocycles. The molecule has 9 heteroatoms. The van der Waals surface area contributed by atoms with Crippen molar-refractivity contribution in [1.29, 1.82) is 0 Å². The largest absolute Gasteiger partial charge is 0.497 e. The second kappa shape index (κ2) is 11.0. The number of aromatic nitrogens is 3. The van der Waals surface area contributed by atoms with Crippen molar-refractivity contribution in [3.05, 3.63) is 59.9 Å². The van der Waals surface area contributed by atoms with Crippen molar-refractivity contribution in [2.75, 3.05) is 40.6 Å². The van der Waals surface area contributed by atoms with Gasteiger partial charge in [0.2, 0.25) is 5.91 Å². The molecule has 0 aliphatic heterocycles. The van der Waals surface area contributed by atoms with Crippen molar-refractivity contribution in [3.8, 4) is 17.2 Å². The van der Waals surface area contributed by atoms with Gasteiger partial charge in [-0.15, -0.1) is 10.2 Å². The zero-order valence-corrected chi connectivity index (χ0v) is 19.8. The maximum absolute atomic E-state index is 12.6. The Morgan fingerprint density at radius 2 is 1.62 bits per heavy atom. The van der Waals surface area contributed by atoms with Gasteiger partial charge >= 0.3 is 0 Å². The number of benzene rings is 2. The Morgan fingerprint density at radius 3 is 2.19 bits per heavy atom. The highest BCUT2D eigenvalue weighted by molar-refractivity contribution is 7.99. The minimum Gasteiger partial charge on any atom is -0.497 e. The third-order valence-electron chi connectivity index (χ3n) is 5.07. The lowest BCUT2D eigenvalue weighted by Gasteiger charge is -2.25. The van der Waals surface area contributed by atoms with Crippen LogP contribution < -0.4 is 14.8 Å². The van der Waals surface area contributed by atoms with E-state index in [0.29, 0.717) is 11.7 Å². The third-order valence-corrected chi connectivity index (χ3v) is 6.00. The molecule has 8 nitrogen and oxygen atoms in total. The van der Waals surface area contributed by atoms with Crippen molar-refractivity contribution in [3.63, 3.8) is 0 Å². The van der Waals surface area contributed by atoms with Crippen molar-refractivity contribution >= 4 is 17.7 Å². The third kappa shape index (κ3) is 5.80. The molecule has 3 aromatic rings. The molecular formula is C23H29N5O3S. The normalized spacial score (nSPS) is 11.9. The van der Waals surface area contributed by atoms with Gasteiger partial charge in [-0.25, -0.2) is 0 Å². The summed E-state index contributed by atoms with van der Waals surface area (Å²) in [6.45, 7) is 2.39. The van der Waals surface area contributed by atoms with Gasteiger partial charge in [-0.3, -0.25) is 9.36 Å². The minimum atomic E-state index is -0.0581. The summed E-state index contributed by atoms with van der Waals surface area (Å²) in [6, 6.07) is 15.6. The van der Waals surface area contributed by atoms with Crippen LogP contribution in [0.15, 0.2) is 53.7 Å². The van der Waals surface area contributed by atoms with Crippen LogP contribution in [0.5, 0.6) is 11.5 Å². The standard InChI is InChI=1S/C23H29N5O3S/c1-16-25-26-23(28(16)18-8-12-20(31-5)13-9-18)32-15-22(29)24-14-21(27(2)3)17-6-10-19(30-4)11-7-17/h6-13,21H,14-15H2,1-5H3,(H,24,29). The number of thioether (sulfide) groups is 1. The molecular weight excluding hydrogens is 426 g/mol. The molecule has 3 rings (SSSR count). The van der Waals surface area contributed by atoms with E-state index in [1.807, 2.05) is 74.1 Å². The Balaban J connectivity index is 1.60. The second-order valence-electron chi connectivity index (χ2n) is 7.41. The Bertz CT molecular complexity index is 1020. The fourth-order valence-electron chi connectivity index (χ4n) is 3.28. The molecule has 0 aliphatic rings. The highest BCUT2D eigenvalue weighted by atomic mass is 32.2. The van der Waals surface area contributed by atoms with Gasteiger partial charge in [0, 0.05) is 12.2 Å². The second-order valence-corrected chi connectivity index (χ2v) is 8.35. The molecule has 0 aliphatic carbocycles. The quantitative estimate of drug-likeness (QED) is 0.471. The van der Waals surface area contributed by atoms with Gasteiger partial charge in [0.25, 0.3) is 0 Å². The van der Waals surface area contributed by atoms with Gasteiger partial charge in [-0.05, 0) is 63.0 Å².